The third-order valence-corrected chi connectivity index (χ3v) is 6.50. The first-order valence-corrected chi connectivity index (χ1v) is 13.6. The molecule has 0 aliphatic heterocycles. The maximum atomic E-state index is 5.98. The number of rotatable bonds is 12. The highest BCUT2D eigenvalue weighted by atomic mass is 35.5. The highest BCUT2D eigenvalue weighted by molar-refractivity contribution is 6.30. The van der Waals surface area contributed by atoms with Crippen LogP contribution in [0.15, 0.2) is 97.1 Å². The SMILES string of the molecule is Cc1cc(C#Cc2ccc(Cl)cc2)ccc1OCCNCc1ccc(CNCCCc2ccccc2)cc1. The van der Waals surface area contributed by atoms with Crippen molar-refractivity contribution in [1.29, 1.82) is 0 Å². The van der Waals surface area contributed by atoms with Crippen molar-refractivity contribution in [3.05, 3.63) is 135 Å². The molecule has 2 N–H and O–H groups in total. The van der Waals surface area contributed by atoms with Crippen LogP contribution in [0.4, 0.5) is 0 Å². The number of ether oxygens (including phenoxy) is 1. The minimum Gasteiger partial charge on any atom is -0.492 e. The van der Waals surface area contributed by atoms with Gasteiger partial charge in [-0.15, -0.1) is 0 Å². The molecule has 3 nitrogen and oxygen atoms in total. The molecule has 0 spiro atoms. The Morgan fingerprint density at radius 3 is 2.00 bits per heavy atom. The summed E-state index contributed by atoms with van der Waals surface area (Å²) in [6, 6.07) is 33.1. The van der Waals surface area contributed by atoms with Crippen molar-refractivity contribution in [1.82, 2.24) is 10.6 Å². The fourth-order valence-electron chi connectivity index (χ4n) is 4.10. The van der Waals surface area contributed by atoms with Gasteiger partial charge in [0.15, 0.2) is 0 Å². The standard InChI is InChI=1S/C34H35ClN2O/c1-27-24-30(10-9-29-15-18-33(35)19-16-29)17-20-34(27)38-23-22-37-26-32-13-11-31(12-14-32)25-36-21-5-8-28-6-3-2-4-7-28/h2-4,6-7,11-20,24,36-37H,5,8,21-23,25-26H2,1H3. The highest BCUT2D eigenvalue weighted by Gasteiger charge is 2.01. The molecule has 4 aromatic rings. The van der Waals surface area contributed by atoms with E-state index in [-0.39, 0.29) is 0 Å². The third-order valence-electron chi connectivity index (χ3n) is 6.25. The Labute approximate surface area is 232 Å². The molecular formula is C34H35ClN2O. The predicted octanol–water partition coefficient (Wildman–Crippen LogP) is 6.94. The molecule has 0 aliphatic rings. The first-order chi connectivity index (χ1) is 18.7. The molecule has 0 aliphatic carbocycles. The predicted molar refractivity (Wildman–Crippen MR) is 159 cm³/mol. The van der Waals surface area contributed by atoms with Gasteiger partial charge >= 0.3 is 0 Å². The van der Waals surface area contributed by atoms with E-state index in [2.05, 4.69) is 90.1 Å². The van der Waals surface area contributed by atoms with Crippen LogP contribution in [0.5, 0.6) is 5.75 Å². The summed E-state index contributed by atoms with van der Waals surface area (Å²) in [4.78, 5) is 0. The lowest BCUT2D eigenvalue weighted by Gasteiger charge is -2.11. The second kappa shape index (κ2) is 15.0. The number of halogens is 1. The Morgan fingerprint density at radius 2 is 1.32 bits per heavy atom. The lowest BCUT2D eigenvalue weighted by atomic mass is 10.1. The van der Waals surface area contributed by atoms with Gasteiger partial charge in [-0.1, -0.05) is 78.0 Å². The van der Waals surface area contributed by atoms with Gasteiger partial charge in [0.1, 0.15) is 12.4 Å². The van der Waals surface area contributed by atoms with Gasteiger partial charge in [0.05, 0.1) is 0 Å². The molecule has 0 amide bonds. The van der Waals surface area contributed by atoms with Gasteiger partial charge in [0.25, 0.3) is 0 Å². The fraction of sp³-hybridized carbons (Fsp3) is 0.235. The second-order valence-corrected chi connectivity index (χ2v) is 9.78. The summed E-state index contributed by atoms with van der Waals surface area (Å²) in [5.41, 5.74) is 6.98. The van der Waals surface area contributed by atoms with E-state index in [1.165, 1.54) is 16.7 Å². The molecule has 0 heterocycles. The van der Waals surface area contributed by atoms with Gasteiger partial charge < -0.3 is 15.4 Å². The highest BCUT2D eigenvalue weighted by Crippen LogP contribution is 2.19. The van der Waals surface area contributed by atoms with Gasteiger partial charge in [0.2, 0.25) is 0 Å². The van der Waals surface area contributed by atoms with Crippen molar-refractivity contribution < 1.29 is 4.74 Å². The molecule has 0 radical (unpaired) electrons. The Hall–Kier alpha value is -3.55. The van der Waals surface area contributed by atoms with Gasteiger partial charge in [0, 0.05) is 35.8 Å². The van der Waals surface area contributed by atoms with E-state index in [4.69, 9.17) is 16.3 Å². The van der Waals surface area contributed by atoms with Crippen LogP contribution in [0.3, 0.4) is 0 Å². The molecule has 0 atom stereocenters. The number of nitrogens with one attached hydrogen (secondary N) is 2. The van der Waals surface area contributed by atoms with Crippen LogP contribution >= 0.6 is 11.6 Å². The summed E-state index contributed by atoms with van der Waals surface area (Å²) >= 11 is 5.93. The lowest BCUT2D eigenvalue weighted by Crippen LogP contribution is -2.21. The fourth-order valence-corrected chi connectivity index (χ4v) is 4.23. The summed E-state index contributed by atoms with van der Waals surface area (Å²) in [5.74, 6) is 7.27. The summed E-state index contributed by atoms with van der Waals surface area (Å²) in [6.45, 7) is 6.20. The normalized spacial score (nSPS) is 10.6. The monoisotopic (exact) mass is 522 g/mol. The van der Waals surface area contributed by atoms with E-state index in [9.17, 15) is 0 Å². The molecule has 4 heteroatoms. The Morgan fingerprint density at radius 1 is 0.684 bits per heavy atom. The molecule has 38 heavy (non-hydrogen) atoms. The summed E-state index contributed by atoms with van der Waals surface area (Å²) in [7, 11) is 0. The number of aryl methyl sites for hydroxylation is 2. The van der Waals surface area contributed by atoms with E-state index in [1.807, 2.05) is 36.4 Å². The van der Waals surface area contributed by atoms with E-state index in [0.29, 0.717) is 11.6 Å². The average Bonchev–Trinajstić information content (AvgIpc) is 2.94. The van der Waals surface area contributed by atoms with Crippen molar-refractivity contribution in [2.45, 2.75) is 32.9 Å². The summed E-state index contributed by atoms with van der Waals surface area (Å²) < 4.78 is 5.98. The van der Waals surface area contributed by atoms with Gasteiger partial charge in [-0.2, -0.15) is 0 Å². The van der Waals surface area contributed by atoms with E-state index >= 15 is 0 Å². The van der Waals surface area contributed by atoms with E-state index in [1.54, 1.807) is 0 Å². The van der Waals surface area contributed by atoms with Crippen molar-refractivity contribution >= 4 is 11.6 Å². The Kier molecular flexibility index (Phi) is 10.9. The topological polar surface area (TPSA) is 33.3 Å². The lowest BCUT2D eigenvalue weighted by molar-refractivity contribution is 0.311. The maximum Gasteiger partial charge on any atom is 0.122 e. The number of hydrogen-bond acceptors (Lipinski definition) is 3. The largest absolute Gasteiger partial charge is 0.492 e. The van der Waals surface area contributed by atoms with Crippen LogP contribution in [0.2, 0.25) is 5.02 Å². The second-order valence-electron chi connectivity index (χ2n) is 9.34. The van der Waals surface area contributed by atoms with Crippen molar-refractivity contribution in [3.63, 3.8) is 0 Å². The van der Waals surface area contributed by atoms with Gasteiger partial charge in [-0.3, -0.25) is 0 Å². The molecule has 0 fully saturated rings. The molecule has 0 saturated heterocycles. The maximum absolute atomic E-state index is 5.98. The Bertz CT molecular complexity index is 1320. The van der Waals surface area contributed by atoms with Crippen molar-refractivity contribution in [2.75, 3.05) is 19.7 Å². The van der Waals surface area contributed by atoms with Crippen LogP contribution in [-0.4, -0.2) is 19.7 Å². The number of benzene rings is 4. The number of hydrogen-bond donors (Lipinski definition) is 2. The first-order valence-electron chi connectivity index (χ1n) is 13.2. The summed E-state index contributed by atoms with van der Waals surface area (Å²) in [5, 5.41) is 7.73. The molecule has 0 bridgehead atoms. The van der Waals surface area contributed by atoms with Gasteiger partial charge in [-0.05, 0) is 91.0 Å². The Balaban J connectivity index is 1.11. The zero-order valence-corrected chi connectivity index (χ0v) is 22.7. The molecule has 4 aromatic carbocycles. The molecule has 194 valence electrons. The van der Waals surface area contributed by atoms with Crippen molar-refractivity contribution in [2.24, 2.45) is 0 Å². The summed E-state index contributed by atoms with van der Waals surface area (Å²) in [6.07, 6.45) is 2.27. The average molecular weight is 523 g/mol. The minimum absolute atomic E-state index is 0.613. The minimum atomic E-state index is 0.613. The van der Waals surface area contributed by atoms with Crippen LogP contribution in [-0.2, 0) is 19.5 Å². The van der Waals surface area contributed by atoms with Crippen LogP contribution in [0, 0.1) is 18.8 Å². The van der Waals surface area contributed by atoms with E-state index in [0.717, 1.165) is 61.5 Å². The van der Waals surface area contributed by atoms with Crippen LogP contribution < -0.4 is 15.4 Å². The smallest absolute Gasteiger partial charge is 0.122 e. The zero-order valence-electron chi connectivity index (χ0n) is 22.0. The molecule has 4 rings (SSSR count). The van der Waals surface area contributed by atoms with E-state index < -0.39 is 0 Å². The van der Waals surface area contributed by atoms with Crippen molar-refractivity contribution in [3.8, 4) is 17.6 Å². The molecular weight excluding hydrogens is 488 g/mol. The quantitative estimate of drug-likeness (QED) is 0.156. The van der Waals surface area contributed by atoms with Crippen LogP contribution in [0.1, 0.15) is 39.8 Å². The molecule has 0 saturated carbocycles. The van der Waals surface area contributed by atoms with Gasteiger partial charge in [-0.25, -0.2) is 0 Å². The third kappa shape index (κ3) is 9.39. The molecule has 0 aromatic heterocycles. The van der Waals surface area contributed by atoms with Crippen LogP contribution in [0.25, 0.3) is 0 Å². The first kappa shape index (κ1) is 27.5. The zero-order chi connectivity index (χ0) is 26.4. The molecule has 0 unspecified atom stereocenters.